The zero-order valence-corrected chi connectivity index (χ0v) is 11.2. The Morgan fingerprint density at radius 2 is 2.00 bits per heavy atom. The number of aliphatic hydroxyl groups excluding tert-OH is 1. The maximum Gasteiger partial charge on any atom is 0.156 e. The van der Waals surface area contributed by atoms with Crippen LogP contribution in [0.15, 0.2) is 11.6 Å². The van der Waals surface area contributed by atoms with E-state index in [0.717, 1.165) is 12.0 Å². The molecule has 0 unspecified atom stereocenters. The molecule has 0 radical (unpaired) electrons. The van der Waals surface area contributed by atoms with E-state index < -0.39 is 6.10 Å². The van der Waals surface area contributed by atoms with Crippen LogP contribution in [0.1, 0.15) is 40.5 Å². The highest BCUT2D eigenvalue weighted by Crippen LogP contribution is 2.74. The fourth-order valence-corrected chi connectivity index (χ4v) is 4.87. The van der Waals surface area contributed by atoms with Gasteiger partial charge in [-0.3, -0.25) is 4.79 Å². The molecule has 2 heteroatoms. The molecular formula is C15H22O2. The van der Waals surface area contributed by atoms with E-state index in [4.69, 9.17) is 0 Å². The lowest BCUT2D eigenvalue weighted by Gasteiger charge is -2.46. The van der Waals surface area contributed by atoms with E-state index in [1.807, 2.05) is 0 Å². The third-order valence-corrected chi connectivity index (χ3v) is 6.00. The minimum Gasteiger partial charge on any atom is -0.389 e. The van der Waals surface area contributed by atoms with Gasteiger partial charge in [0.25, 0.3) is 0 Å². The molecule has 2 fully saturated rings. The summed E-state index contributed by atoms with van der Waals surface area (Å²) in [5, 5.41) is 10.3. The van der Waals surface area contributed by atoms with Gasteiger partial charge in [0.1, 0.15) is 0 Å². The maximum absolute atomic E-state index is 11.7. The molecule has 94 valence electrons. The van der Waals surface area contributed by atoms with Crippen molar-refractivity contribution in [2.45, 2.75) is 46.6 Å². The second kappa shape index (κ2) is 3.03. The van der Waals surface area contributed by atoms with Crippen molar-refractivity contribution in [3.63, 3.8) is 0 Å². The fourth-order valence-electron chi connectivity index (χ4n) is 4.87. The lowest BCUT2D eigenvalue weighted by molar-refractivity contribution is -0.117. The smallest absolute Gasteiger partial charge is 0.156 e. The summed E-state index contributed by atoms with van der Waals surface area (Å²) in [5.74, 6) is 1.84. The zero-order chi connectivity index (χ0) is 12.6. The summed E-state index contributed by atoms with van der Waals surface area (Å²) in [6.45, 7) is 9.07. The summed E-state index contributed by atoms with van der Waals surface area (Å²) in [7, 11) is 0. The quantitative estimate of drug-likeness (QED) is 0.699. The van der Waals surface area contributed by atoms with Gasteiger partial charge in [-0.05, 0) is 46.7 Å². The van der Waals surface area contributed by atoms with Gasteiger partial charge in [0.2, 0.25) is 0 Å². The summed E-state index contributed by atoms with van der Waals surface area (Å²) < 4.78 is 0. The summed E-state index contributed by atoms with van der Waals surface area (Å²) >= 11 is 0. The van der Waals surface area contributed by atoms with Crippen LogP contribution in [-0.2, 0) is 4.79 Å². The van der Waals surface area contributed by atoms with Gasteiger partial charge in [0.15, 0.2) is 5.78 Å². The Labute approximate surface area is 103 Å². The molecule has 0 aliphatic heterocycles. The van der Waals surface area contributed by atoms with Crippen molar-refractivity contribution in [1.82, 2.24) is 0 Å². The summed E-state index contributed by atoms with van der Waals surface area (Å²) in [6, 6.07) is 0. The van der Waals surface area contributed by atoms with Gasteiger partial charge in [-0.1, -0.05) is 27.7 Å². The topological polar surface area (TPSA) is 37.3 Å². The molecule has 1 N–H and O–H groups in total. The Kier molecular flexibility index (Phi) is 2.04. The van der Waals surface area contributed by atoms with Gasteiger partial charge in [-0.2, -0.15) is 0 Å². The standard InChI is InChI=1S/C15H22O2/c1-8-5-9(16)6-10-12(17)7-11-13(14(11,2)3)15(8,10)4/h6,8,11-13,17H,5,7H2,1-4H3/t8-,11-,12+,13+,15+/m1/s1. The van der Waals surface area contributed by atoms with Gasteiger partial charge in [-0.25, -0.2) is 0 Å². The molecule has 2 nitrogen and oxygen atoms in total. The minimum atomic E-state index is -0.394. The maximum atomic E-state index is 11.7. The first kappa shape index (κ1) is 11.5. The van der Waals surface area contributed by atoms with Crippen molar-refractivity contribution in [3.05, 3.63) is 11.6 Å². The van der Waals surface area contributed by atoms with Gasteiger partial charge < -0.3 is 5.11 Å². The number of hydrogen-bond acceptors (Lipinski definition) is 2. The highest BCUT2D eigenvalue weighted by molar-refractivity contribution is 5.92. The highest BCUT2D eigenvalue weighted by atomic mass is 16.3. The van der Waals surface area contributed by atoms with E-state index in [1.54, 1.807) is 6.08 Å². The van der Waals surface area contributed by atoms with Gasteiger partial charge in [-0.15, -0.1) is 0 Å². The molecule has 2 saturated carbocycles. The first-order chi connectivity index (χ1) is 7.79. The molecule has 0 spiro atoms. The van der Waals surface area contributed by atoms with Crippen LogP contribution in [0.2, 0.25) is 0 Å². The van der Waals surface area contributed by atoms with Crippen LogP contribution in [0.5, 0.6) is 0 Å². The normalized spacial score (nSPS) is 51.4. The lowest BCUT2D eigenvalue weighted by Crippen LogP contribution is -2.43. The number of carbonyl (C=O) groups excluding carboxylic acids is 1. The zero-order valence-electron chi connectivity index (χ0n) is 11.2. The summed E-state index contributed by atoms with van der Waals surface area (Å²) in [4.78, 5) is 11.7. The van der Waals surface area contributed by atoms with Crippen molar-refractivity contribution in [2.24, 2.45) is 28.6 Å². The van der Waals surface area contributed by atoms with E-state index in [9.17, 15) is 9.90 Å². The molecule has 3 rings (SSSR count). The van der Waals surface area contributed by atoms with Crippen LogP contribution < -0.4 is 0 Å². The molecule has 0 heterocycles. The Morgan fingerprint density at radius 1 is 1.35 bits per heavy atom. The van der Waals surface area contributed by atoms with Crippen LogP contribution in [0.3, 0.4) is 0 Å². The second-order valence-electron chi connectivity index (χ2n) is 7.11. The van der Waals surface area contributed by atoms with Crippen LogP contribution in [0.25, 0.3) is 0 Å². The molecule has 0 bridgehead atoms. The number of hydrogen-bond donors (Lipinski definition) is 1. The first-order valence-electron chi connectivity index (χ1n) is 6.72. The van der Waals surface area contributed by atoms with E-state index in [1.165, 1.54) is 0 Å². The van der Waals surface area contributed by atoms with Gasteiger partial charge in [0.05, 0.1) is 6.10 Å². The highest BCUT2D eigenvalue weighted by Gasteiger charge is 2.70. The molecule has 17 heavy (non-hydrogen) atoms. The average Bonchev–Trinajstić information content (AvgIpc) is 2.74. The van der Waals surface area contributed by atoms with Crippen LogP contribution in [0, 0.1) is 28.6 Å². The Hall–Kier alpha value is -0.630. The predicted octanol–water partition coefficient (Wildman–Crippen LogP) is 2.56. The number of aliphatic hydroxyl groups is 1. The Balaban J connectivity index is 2.11. The van der Waals surface area contributed by atoms with E-state index in [0.29, 0.717) is 29.6 Å². The number of carbonyl (C=O) groups is 1. The van der Waals surface area contributed by atoms with Crippen molar-refractivity contribution >= 4 is 5.78 Å². The van der Waals surface area contributed by atoms with Crippen molar-refractivity contribution in [3.8, 4) is 0 Å². The molecule has 0 aromatic carbocycles. The van der Waals surface area contributed by atoms with Crippen LogP contribution in [0.4, 0.5) is 0 Å². The van der Waals surface area contributed by atoms with Crippen LogP contribution >= 0.6 is 0 Å². The van der Waals surface area contributed by atoms with Crippen molar-refractivity contribution in [2.75, 3.05) is 0 Å². The average molecular weight is 234 g/mol. The van der Waals surface area contributed by atoms with Crippen molar-refractivity contribution < 1.29 is 9.90 Å². The van der Waals surface area contributed by atoms with Crippen LogP contribution in [-0.4, -0.2) is 17.0 Å². The fraction of sp³-hybridized carbons (Fsp3) is 0.800. The largest absolute Gasteiger partial charge is 0.389 e. The molecule has 5 atom stereocenters. The van der Waals surface area contributed by atoms with E-state index >= 15 is 0 Å². The molecule has 0 aromatic rings. The summed E-state index contributed by atoms with van der Waals surface area (Å²) in [6.07, 6.45) is 2.84. The van der Waals surface area contributed by atoms with E-state index in [2.05, 4.69) is 27.7 Å². The number of allylic oxidation sites excluding steroid dienone is 1. The third-order valence-electron chi connectivity index (χ3n) is 6.00. The molecule has 0 aromatic heterocycles. The Bertz CT molecular complexity index is 421. The van der Waals surface area contributed by atoms with Gasteiger partial charge >= 0.3 is 0 Å². The third kappa shape index (κ3) is 1.22. The number of ketones is 1. The van der Waals surface area contributed by atoms with Crippen molar-refractivity contribution in [1.29, 1.82) is 0 Å². The minimum absolute atomic E-state index is 0.0414. The number of fused-ring (bicyclic) bond motifs is 3. The molecule has 0 saturated heterocycles. The predicted molar refractivity (Wildman–Crippen MR) is 66.4 cm³/mol. The SMILES string of the molecule is C[C@@H]1CC(=O)C=C2[C@@H](O)C[C@@H]3[C@@H](C3(C)C)[C@]21C. The first-order valence-corrected chi connectivity index (χ1v) is 6.72. The monoisotopic (exact) mass is 234 g/mol. The molecular weight excluding hydrogens is 212 g/mol. The van der Waals surface area contributed by atoms with E-state index in [-0.39, 0.29) is 11.2 Å². The molecule has 0 amide bonds. The summed E-state index contributed by atoms with van der Waals surface area (Å²) in [5.41, 5.74) is 1.40. The molecule has 3 aliphatic carbocycles. The molecule has 3 aliphatic rings. The number of rotatable bonds is 0. The van der Waals surface area contributed by atoms with Gasteiger partial charge in [0, 0.05) is 6.42 Å². The second-order valence-corrected chi connectivity index (χ2v) is 7.11. The Morgan fingerprint density at radius 3 is 2.65 bits per heavy atom. The lowest BCUT2D eigenvalue weighted by atomic mass is 9.59.